The summed E-state index contributed by atoms with van der Waals surface area (Å²) in [7, 11) is 0. The Balaban J connectivity index is 1.84. The first-order valence-corrected chi connectivity index (χ1v) is 11.2. The van der Waals surface area contributed by atoms with E-state index in [4.69, 9.17) is 5.73 Å². The van der Waals surface area contributed by atoms with Gasteiger partial charge in [-0.2, -0.15) is 13.2 Å². The fourth-order valence-corrected chi connectivity index (χ4v) is 4.59. The van der Waals surface area contributed by atoms with E-state index in [0.29, 0.717) is 17.7 Å². The highest BCUT2D eigenvalue weighted by atomic mass is 19.4. The van der Waals surface area contributed by atoms with Crippen molar-refractivity contribution in [3.63, 3.8) is 0 Å². The molecule has 1 amide bonds. The lowest BCUT2D eigenvalue weighted by Crippen LogP contribution is -2.42. The van der Waals surface area contributed by atoms with Gasteiger partial charge in [-0.25, -0.2) is 0 Å². The number of aliphatic hydroxyl groups excluding tert-OH is 1. The van der Waals surface area contributed by atoms with Crippen LogP contribution in [0.5, 0.6) is 0 Å². The fraction of sp³-hybridized carbons (Fsp3) is 0.480. The van der Waals surface area contributed by atoms with Gasteiger partial charge >= 0.3 is 6.18 Å². The first-order chi connectivity index (χ1) is 15.2. The highest BCUT2D eigenvalue weighted by Gasteiger charge is 2.36. The number of aliphatic hydroxyl groups is 1. The van der Waals surface area contributed by atoms with Gasteiger partial charge in [0.05, 0.1) is 11.7 Å². The van der Waals surface area contributed by atoms with Gasteiger partial charge < -0.3 is 15.7 Å². The van der Waals surface area contributed by atoms with Crippen molar-refractivity contribution in [3.05, 3.63) is 70.8 Å². The molecule has 0 spiro atoms. The number of piperidine rings is 1. The molecule has 3 atom stereocenters. The minimum absolute atomic E-state index is 0.0247. The van der Waals surface area contributed by atoms with Gasteiger partial charge in [0.2, 0.25) is 5.91 Å². The summed E-state index contributed by atoms with van der Waals surface area (Å²) in [6, 6.07) is 11.9. The van der Waals surface area contributed by atoms with Crippen LogP contribution in [0.2, 0.25) is 0 Å². The lowest BCUT2D eigenvalue weighted by atomic mass is 9.75. The Morgan fingerprint density at radius 1 is 1.12 bits per heavy atom. The highest BCUT2D eigenvalue weighted by molar-refractivity contribution is 5.92. The standard InChI is InChI=1S/C25H31F3N2O2/c1-2-3-4-14-30-15-13-21(17-5-7-19(8-6-17)24(29)32)22(16-30)23(31)18-9-11-20(12-10-18)25(26,27)28/h5-12,21-23,31H,2-4,13-16H2,1H3,(H2,29,32). The van der Waals surface area contributed by atoms with Crippen molar-refractivity contribution in [2.75, 3.05) is 19.6 Å². The van der Waals surface area contributed by atoms with Crippen molar-refractivity contribution < 1.29 is 23.1 Å². The monoisotopic (exact) mass is 448 g/mol. The molecular formula is C25H31F3N2O2. The van der Waals surface area contributed by atoms with Crippen molar-refractivity contribution in [2.45, 2.75) is 50.8 Å². The number of rotatable bonds is 8. The minimum atomic E-state index is -4.41. The number of unbranched alkanes of at least 4 members (excludes halogenated alkanes) is 2. The molecule has 1 aliphatic heterocycles. The quantitative estimate of drug-likeness (QED) is 0.550. The van der Waals surface area contributed by atoms with Crippen molar-refractivity contribution in [2.24, 2.45) is 11.7 Å². The average molecular weight is 449 g/mol. The number of amides is 1. The maximum Gasteiger partial charge on any atom is 0.416 e. The third-order valence-electron chi connectivity index (χ3n) is 6.43. The van der Waals surface area contributed by atoms with Gasteiger partial charge in [0.25, 0.3) is 0 Å². The van der Waals surface area contributed by atoms with Gasteiger partial charge in [0.1, 0.15) is 0 Å². The Kier molecular flexibility index (Phi) is 7.96. The van der Waals surface area contributed by atoms with Crippen LogP contribution in [0.15, 0.2) is 48.5 Å². The molecule has 174 valence electrons. The number of hydrogen-bond acceptors (Lipinski definition) is 3. The number of carbonyl (C=O) groups excluding carboxylic acids is 1. The zero-order valence-electron chi connectivity index (χ0n) is 18.3. The molecule has 3 rings (SSSR count). The zero-order valence-corrected chi connectivity index (χ0v) is 18.3. The second kappa shape index (κ2) is 10.5. The maximum absolute atomic E-state index is 12.9. The van der Waals surface area contributed by atoms with Crippen LogP contribution in [-0.4, -0.2) is 35.5 Å². The highest BCUT2D eigenvalue weighted by Crippen LogP contribution is 2.41. The van der Waals surface area contributed by atoms with Crippen molar-refractivity contribution in [1.29, 1.82) is 0 Å². The van der Waals surface area contributed by atoms with Gasteiger partial charge in [-0.1, -0.05) is 44.0 Å². The van der Waals surface area contributed by atoms with Crippen LogP contribution in [0, 0.1) is 5.92 Å². The Morgan fingerprint density at radius 3 is 2.34 bits per heavy atom. The fourth-order valence-electron chi connectivity index (χ4n) is 4.59. The van der Waals surface area contributed by atoms with Crippen molar-refractivity contribution in [3.8, 4) is 0 Å². The number of likely N-dealkylation sites (tertiary alicyclic amines) is 1. The van der Waals surface area contributed by atoms with E-state index in [1.165, 1.54) is 12.1 Å². The van der Waals surface area contributed by atoms with Gasteiger partial charge in [0.15, 0.2) is 0 Å². The molecule has 3 unspecified atom stereocenters. The summed E-state index contributed by atoms with van der Waals surface area (Å²) in [6.45, 7) is 4.65. The summed E-state index contributed by atoms with van der Waals surface area (Å²) in [5, 5.41) is 11.2. The number of nitrogens with two attached hydrogens (primary N) is 1. The smallest absolute Gasteiger partial charge is 0.388 e. The van der Waals surface area contributed by atoms with E-state index in [1.807, 2.05) is 12.1 Å². The van der Waals surface area contributed by atoms with Crippen molar-refractivity contribution in [1.82, 2.24) is 4.90 Å². The van der Waals surface area contributed by atoms with E-state index in [-0.39, 0.29) is 11.8 Å². The second-order valence-electron chi connectivity index (χ2n) is 8.62. The lowest BCUT2D eigenvalue weighted by Gasteiger charge is -2.41. The summed E-state index contributed by atoms with van der Waals surface area (Å²) in [6.07, 6.45) is -1.13. The predicted octanol–water partition coefficient (Wildman–Crippen LogP) is 5.13. The van der Waals surface area contributed by atoms with E-state index < -0.39 is 23.8 Å². The SMILES string of the molecule is CCCCCN1CCC(c2ccc(C(N)=O)cc2)C(C(O)c2ccc(C(F)(F)F)cc2)C1. The molecule has 0 saturated carbocycles. The normalized spacial score (nSPS) is 20.8. The van der Waals surface area contributed by atoms with Gasteiger partial charge in [-0.15, -0.1) is 0 Å². The number of halogens is 3. The van der Waals surface area contributed by atoms with Gasteiger partial charge in [-0.3, -0.25) is 4.79 Å². The number of alkyl halides is 3. The molecule has 32 heavy (non-hydrogen) atoms. The van der Waals surface area contributed by atoms with E-state index in [0.717, 1.165) is 56.5 Å². The van der Waals surface area contributed by atoms with E-state index in [2.05, 4.69) is 11.8 Å². The number of nitrogens with zero attached hydrogens (tertiary/aromatic N) is 1. The summed E-state index contributed by atoms with van der Waals surface area (Å²) in [5.74, 6) is -0.651. The molecule has 1 aliphatic rings. The molecular weight excluding hydrogens is 417 g/mol. The lowest BCUT2D eigenvalue weighted by molar-refractivity contribution is -0.137. The topological polar surface area (TPSA) is 66.6 Å². The Labute approximate surface area is 187 Å². The maximum atomic E-state index is 12.9. The zero-order chi connectivity index (χ0) is 23.3. The number of benzene rings is 2. The summed E-state index contributed by atoms with van der Waals surface area (Å²) in [5.41, 5.74) is 6.53. The Morgan fingerprint density at radius 2 is 1.78 bits per heavy atom. The Bertz CT molecular complexity index is 882. The number of carbonyl (C=O) groups is 1. The van der Waals surface area contributed by atoms with Crippen LogP contribution in [0.3, 0.4) is 0 Å². The largest absolute Gasteiger partial charge is 0.416 e. The van der Waals surface area contributed by atoms with Crippen LogP contribution in [0.1, 0.15) is 71.7 Å². The van der Waals surface area contributed by atoms with Crippen LogP contribution < -0.4 is 5.73 Å². The first-order valence-electron chi connectivity index (χ1n) is 11.2. The molecule has 7 heteroatoms. The van der Waals surface area contributed by atoms with Crippen LogP contribution in [0.4, 0.5) is 13.2 Å². The minimum Gasteiger partial charge on any atom is -0.388 e. The number of primary amides is 1. The first kappa shape index (κ1) is 24.3. The predicted molar refractivity (Wildman–Crippen MR) is 118 cm³/mol. The molecule has 2 aromatic carbocycles. The number of hydrogen-bond donors (Lipinski definition) is 2. The molecule has 2 aromatic rings. The van der Waals surface area contributed by atoms with Crippen molar-refractivity contribution >= 4 is 5.91 Å². The van der Waals surface area contributed by atoms with Crippen LogP contribution in [0.25, 0.3) is 0 Å². The van der Waals surface area contributed by atoms with Crippen LogP contribution >= 0.6 is 0 Å². The van der Waals surface area contributed by atoms with Gasteiger partial charge in [-0.05, 0) is 67.2 Å². The molecule has 1 heterocycles. The van der Waals surface area contributed by atoms with Crippen LogP contribution in [-0.2, 0) is 6.18 Å². The molecule has 1 fully saturated rings. The van der Waals surface area contributed by atoms with E-state index >= 15 is 0 Å². The average Bonchev–Trinajstić information content (AvgIpc) is 2.78. The third kappa shape index (κ3) is 5.90. The molecule has 0 bridgehead atoms. The van der Waals surface area contributed by atoms with E-state index in [1.54, 1.807) is 12.1 Å². The molecule has 1 saturated heterocycles. The molecule has 0 aromatic heterocycles. The summed E-state index contributed by atoms with van der Waals surface area (Å²) >= 11 is 0. The molecule has 4 nitrogen and oxygen atoms in total. The second-order valence-corrected chi connectivity index (χ2v) is 8.62. The van der Waals surface area contributed by atoms with Gasteiger partial charge in [0, 0.05) is 18.0 Å². The van der Waals surface area contributed by atoms with E-state index in [9.17, 15) is 23.1 Å². The molecule has 0 radical (unpaired) electrons. The third-order valence-corrected chi connectivity index (χ3v) is 6.43. The summed E-state index contributed by atoms with van der Waals surface area (Å²) < 4.78 is 38.8. The summed E-state index contributed by atoms with van der Waals surface area (Å²) in [4.78, 5) is 13.7. The molecule has 3 N–H and O–H groups in total. The molecule has 0 aliphatic carbocycles. The Hall–Kier alpha value is -2.38.